The highest BCUT2D eigenvalue weighted by Crippen LogP contribution is 2.22. The van der Waals surface area contributed by atoms with E-state index in [9.17, 15) is 58.5 Å². The van der Waals surface area contributed by atoms with Crippen LogP contribution in [0.1, 0.15) is 207 Å². The summed E-state index contributed by atoms with van der Waals surface area (Å²) in [5.74, 6) is -10.6. The summed E-state index contributed by atoms with van der Waals surface area (Å²) in [6.45, 7) is 6.48. The molecular formula is C63H109N11O12. The molecule has 0 fully saturated rings. The number of nitrogens with zero attached hydrogens (tertiary/aromatic N) is 2. The molecule has 0 unspecified atom stereocenters. The summed E-state index contributed by atoms with van der Waals surface area (Å²) in [6, 6.07) is 3.99. The lowest BCUT2D eigenvalue weighted by atomic mass is 9.87. The fourth-order valence-corrected chi connectivity index (χ4v) is 10.3. The molecule has 1 aromatic carbocycles. The molecule has 1 aromatic rings. The first-order valence-electron chi connectivity index (χ1n) is 31.7. The van der Waals surface area contributed by atoms with E-state index in [1.54, 1.807) is 30.3 Å². The molecule has 0 spiro atoms. The summed E-state index contributed by atoms with van der Waals surface area (Å²) >= 11 is 0. The number of rotatable bonds is 53. The SMILES string of the molecule is CCCCCCCCCCCCCCCC(=O)N[C@H](C(=O)C[C@H](Cc1ccccc1)C(=O)N[C@@H](CCCN=C(N)N)C(=O)C[C@H](CO)C(=O)N[C@@H](CO)C(=O)C[C@H](CCCN=C(N)N)C(=O)N[C@@H](CCC(=O)O)C(=O)C[C@H](C)CCCCN)C(C)C. The van der Waals surface area contributed by atoms with E-state index in [1.165, 1.54) is 57.8 Å². The van der Waals surface area contributed by atoms with Crippen molar-refractivity contribution < 1.29 is 58.5 Å². The number of carboxylic acid groups (broad SMARTS) is 1. The van der Waals surface area contributed by atoms with Gasteiger partial charge in [-0.05, 0) is 75.3 Å². The average molecular weight is 1210 g/mol. The number of hydrogen-bond donors (Lipinski definition) is 12. The monoisotopic (exact) mass is 1210 g/mol. The third-order valence-corrected chi connectivity index (χ3v) is 15.4. The molecule has 0 aliphatic rings. The molecule has 8 atom stereocenters. The predicted molar refractivity (Wildman–Crippen MR) is 335 cm³/mol. The minimum absolute atomic E-state index is 0.00532. The van der Waals surface area contributed by atoms with Gasteiger partial charge in [-0.15, -0.1) is 0 Å². The van der Waals surface area contributed by atoms with E-state index in [0.29, 0.717) is 19.4 Å². The molecule has 488 valence electrons. The van der Waals surface area contributed by atoms with Crippen LogP contribution in [0.5, 0.6) is 0 Å². The Labute approximate surface area is 511 Å². The first-order chi connectivity index (χ1) is 41.1. The van der Waals surface area contributed by atoms with Gasteiger partial charge in [-0.25, -0.2) is 0 Å². The van der Waals surface area contributed by atoms with Gasteiger partial charge in [0.05, 0.1) is 37.3 Å². The van der Waals surface area contributed by atoms with Gasteiger partial charge in [-0.3, -0.25) is 53.1 Å². The van der Waals surface area contributed by atoms with Crippen molar-refractivity contribution in [2.75, 3.05) is 32.8 Å². The van der Waals surface area contributed by atoms with Gasteiger partial charge < -0.3 is 65.3 Å². The fourth-order valence-electron chi connectivity index (χ4n) is 10.3. The topological polar surface area (TPSA) is 417 Å². The third kappa shape index (κ3) is 36.0. The quantitative estimate of drug-likeness (QED) is 0.0239. The van der Waals surface area contributed by atoms with E-state index in [2.05, 4.69) is 38.2 Å². The second kappa shape index (κ2) is 46.8. The number of carbonyl (C=O) groups excluding carboxylic acids is 8. The largest absolute Gasteiger partial charge is 0.481 e. The van der Waals surface area contributed by atoms with Crippen LogP contribution in [-0.2, 0) is 49.6 Å². The molecule has 0 heterocycles. The number of aliphatic hydroxyl groups excluding tert-OH is 2. The van der Waals surface area contributed by atoms with Crippen molar-refractivity contribution in [3.63, 3.8) is 0 Å². The van der Waals surface area contributed by atoms with Crippen molar-refractivity contribution in [2.45, 2.75) is 232 Å². The van der Waals surface area contributed by atoms with Gasteiger partial charge in [0.2, 0.25) is 23.6 Å². The summed E-state index contributed by atoms with van der Waals surface area (Å²) in [4.78, 5) is 131. The van der Waals surface area contributed by atoms with Gasteiger partial charge in [0.15, 0.2) is 35.1 Å². The molecule has 0 aliphatic carbocycles. The van der Waals surface area contributed by atoms with E-state index in [-0.39, 0.29) is 112 Å². The Hall–Kier alpha value is -6.33. The molecule has 86 heavy (non-hydrogen) atoms. The zero-order valence-electron chi connectivity index (χ0n) is 52.2. The minimum Gasteiger partial charge on any atom is -0.481 e. The Morgan fingerprint density at radius 2 is 0.965 bits per heavy atom. The molecule has 0 aliphatic heterocycles. The minimum atomic E-state index is -1.64. The molecule has 0 aromatic heterocycles. The van der Waals surface area contributed by atoms with Crippen LogP contribution in [0.2, 0.25) is 0 Å². The zero-order valence-corrected chi connectivity index (χ0v) is 52.2. The highest BCUT2D eigenvalue weighted by atomic mass is 16.4. The van der Waals surface area contributed by atoms with Crippen molar-refractivity contribution in [1.29, 1.82) is 0 Å². The van der Waals surface area contributed by atoms with Gasteiger partial charge in [-0.2, -0.15) is 0 Å². The number of Topliss-reactive ketones (excluding diaryl/α,β-unsaturated/α-hetero) is 4. The van der Waals surface area contributed by atoms with Gasteiger partial charge in [0.1, 0.15) is 6.04 Å². The Bertz CT molecular complexity index is 2220. The standard InChI is InChI=1S/C63H109N11O12/c1-5-6-7-8-9-10-11-12-13-14-15-16-20-30-56(81)74-58(43(2)3)55(80)39-47(37-45-26-18-17-19-27-45)60(85)71-49(29-24-35-70-63(67)68)53(78)40-48(41-75)61(86)73-51(42-76)54(79)38-46(28-23-34-69-62(65)66)59(84)72-50(31-32-57(82)83)52(77)36-44(4)25-21-22-33-64/h17-19,26-27,43-44,46-51,58,75-76H,5-16,20-25,28-42,64H2,1-4H3,(H,71,85)(H,72,84)(H,73,86)(H,74,81)(H,82,83)(H4,65,66,69)(H4,67,68,70)/t44-,46+,47+,48-,49+,50+,51+,58+/m1/s1. The van der Waals surface area contributed by atoms with E-state index < -0.39 is 110 Å². The van der Waals surface area contributed by atoms with E-state index >= 15 is 0 Å². The Kier molecular flexibility index (Phi) is 42.3. The second-order valence-corrected chi connectivity index (χ2v) is 23.5. The number of carboxylic acids is 1. The van der Waals surface area contributed by atoms with Crippen molar-refractivity contribution in [3.8, 4) is 0 Å². The molecule has 23 nitrogen and oxygen atoms in total. The van der Waals surface area contributed by atoms with Gasteiger partial charge in [0, 0.05) is 63.5 Å². The van der Waals surface area contributed by atoms with E-state index in [0.717, 1.165) is 37.7 Å². The second-order valence-electron chi connectivity index (χ2n) is 23.5. The average Bonchev–Trinajstić information content (AvgIpc) is 3.68. The van der Waals surface area contributed by atoms with Crippen LogP contribution >= 0.6 is 0 Å². The number of nitrogens with one attached hydrogen (secondary N) is 4. The van der Waals surface area contributed by atoms with E-state index in [4.69, 9.17) is 28.7 Å². The Balaban J connectivity index is 3.30. The van der Waals surface area contributed by atoms with Crippen LogP contribution in [0.25, 0.3) is 0 Å². The Morgan fingerprint density at radius 3 is 1.49 bits per heavy atom. The van der Waals surface area contributed by atoms with Crippen LogP contribution in [-0.4, -0.2) is 137 Å². The fraction of sp³-hybridized carbons (Fsp3) is 0.730. The molecule has 4 amide bonds. The number of carbonyl (C=O) groups is 9. The van der Waals surface area contributed by atoms with Crippen LogP contribution in [0.3, 0.4) is 0 Å². The number of unbranched alkanes of at least 4 members (excludes halogenated alkanes) is 13. The lowest BCUT2D eigenvalue weighted by Crippen LogP contribution is -2.50. The van der Waals surface area contributed by atoms with Crippen LogP contribution < -0.4 is 49.9 Å². The number of aliphatic hydroxyl groups is 2. The molecule has 0 saturated carbocycles. The smallest absolute Gasteiger partial charge is 0.303 e. The maximum atomic E-state index is 14.5. The molecule has 0 saturated heterocycles. The lowest BCUT2D eigenvalue weighted by molar-refractivity contribution is -0.138. The number of nitrogens with two attached hydrogens (primary N) is 5. The molecule has 17 N–H and O–H groups in total. The Morgan fingerprint density at radius 1 is 0.488 bits per heavy atom. The first kappa shape index (κ1) is 77.7. The zero-order chi connectivity index (χ0) is 64.2. The number of benzene rings is 1. The van der Waals surface area contributed by atoms with Crippen molar-refractivity contribution in [3.05, 3.63) is 35.9 Å². The third-order valence-electron chi connectivity index (χ3n) is 15.4. The lowest BCUT2D eigenvalue weighted by Gasteiger charge is -2.26. The molecule has 0 bridgehead atoms. The predicted octanol–water partition coefficient (Wildman–Crippen LogP) is 4.71. The summed E-state index contributed by atoms with van der Waals surface area (Å²) in [6.07, 6.45) is 16.0. The molecule has 0 radical (unpaired) electrons. The number of aliphatic carboxylic acids is 1. The maximum absolute atomic E-state index is 14.5. The number of amides is 4. The van der Waals surface area contributed by atoms with Crippen molar-refractivity contribution in [1.82, 2.24) is 21.3 Å². The number of guanidine groups is 2. The first-order valence-corrected chi connectivity index (χ1v) is 31.7. The van der Waals surface area contributed by atoms with Gasteiger partial charge >= 0.3 is 5.97 Å². The van der Waals surface area contributed by atoms with Crippen molar-refractivity contribution >= 4 is 64.7 Å². The number of hydrogen-bond acceptors (Lipinski definition) is 14. The normalized spacial score (nSPS) is 14.0. The molecule has 23 heteroatoms. The van der Waals surface area contributed by atoms with Crippen LogP contribution in [0, 0.1) is 29.6 Å². The summed E-state index contributed by atoms with van der Waals surface area (Å²) < 4.78 is 0. The van der Waals surface area contributed by atoms with E-state index in [1.807, 2.05) is 20.8 Å². The maximum Gasteiger partial charge on any atom is 0.303 e. The summed E-state index contributed by atoms with van der Waals surface area (Å²) in [5.41, 5.74) is 28.4. The van der Waals surface area contributed by atoms with Crippen LogP contribution in [0.15, 0.2) is 40.3 Å². The molecule has 1 rings (SSSR count). The van der Waals surface area contributed by atoms with Gasteiger partial charge in [-0.1, -0.05) is 148 Å². The molecular weight excluding hydrogens is 1100 g/mol. The van der Waals surface area contributed by atoms with Crippen LogP contribution in [0.4, 0.5) is 0 Å². The highest BCUT2D eigenvalue weighted by Gasteiger charge is 2.35. The summed E-state index contributed by atoms with van der Waals surface area (Å²) in [7, 11) is 0. The van der Waals surface area contributed by atoms with Crippen molar-refractivity contribution in [2.24, 2.45) is 68.2 Å². The number of aliphatic imine (C=N–C) groups is 2. The number of ketones is 4. The highest BCUT2D eigenvalue weighted by molar-refractivity contribution is 5.98. The van der Waals surface area contributed by atoms with Gasteiger partial charge in [0.25, 0.3) is 0 Å². The summed E-state index contributed by atoms with van der Waals surface area (Å²) in [5, 5.41) is 41.2.